The van der Waals surface area contributed by atoms with Crippen molar-refractivity contribution >= 4 is 12.2 Å². The fourth-order valence-corrected chi connectivity index (χ4v) is 2.96. The molecule has 0 radical (unpaired) electrons. The molecule has 0 saturated heterocycles. The first kappa shape index (κ1) is 17.7. The van der Waals surface area contributed by atoms with E-state index in [2.05, 4.69) is 12.1 Å². The average Bonchev–Trinajstić information content (AvgIpc) is 3.36. The molecule has 134 valence electrons. The van der Waals surface area contributed by atoms with Crippen molar-refractivity contribution in [2.24, 2.45) is 17.6 Å². The normalized spacial score (nSPS) is 18.2. The van der Waals surface area contributed by atoms with Gasteiger partial charge in [-0.25, -0.2) is 0 Å². The monoisotopic (exact) mass is 342 g/mol. The van der Waals surface area contributed by atoms with E-state index in [1.807, 2.05) is 49.4 Å². The van der Waals surface area contributed by atoms with Gasteiger partial charge in [0.25, 0.3) is 0 Å². The Hall–Kier alpha value is -2.11. The molecule has 5 nitrogen and oxygen atoms in total. The van der Waals surface area contributed by atoms with Crippen molar-refractivity contribution < 1.29 is 14.4 Å². The number of aliphatic hydroxyl groups is 1. The SMILES string of the molecule is Cc1cc(C=Cc2ccccc2OC(N)C(O)CC(C)C2CC2)on1. The number of benzene rings is 1. The number of aryl methyl sites for hydroxylation is 1. The van der Waals surface area contributed by atoms with Crippen molar-refractivity contribution in [2.45, 2.75) is 45.4 Å². The topological polar surface area (TPSA) is 81.5 Å². The molecule has 1 aliphatic carbocycles. The van der Waals surface area contributed by atoms with Gasteiger partial charge in [-0.1, -0.05) is 30.3 Å². The molecule has 1 aromatic heterocycles. The molecule has 1 heterocycles. The Morgan fingerprint density at radius 2 is 2.12 bits per heavy atom. The number of nitrogens with zero attached hydrogens (tertiary/aromatic N) is 1. The van der Waals surface area contributed by atoms with Gasteiger partial charge in [0.1, 0.15) is 11.9 Å². The molecule has 1 saturated carbocycles. The third-order valence-electron chi connectivity index (χ3n) is 4.67. The van der Waals surface area contributed by atoms with E-state index in [0.29, 0.717) is 23.8 Å². The fourth-order valence-electron chi connectivity index (χ4n) is 2.96. The molecule has 3 rings (SSSR count). The van der Waals surface area contributed by atoms with Gasteiger partial charge in [0.05, 0.1) is 5.69 Å². The molecule has 0 bridgehead atoms. The molecule has 5 heteroatoms. The summed E-state index contributed by atoms with van der Waals surface area (Å²) in [6.07, 6.45) is 5.49. The Labute approximate surface area is 148 Å². The standard InChI is InChI=1S/C20H26N2O3/c1-13(15-7-8-15)11-18(23)20(21)24-19-6-4-3-5-16(19)9-10-17-12-14(2)22-25-17/h3-6,9-10,12-13,15,18,20,23H,7-8,11,21H2,1-2H3. The predicted octanol–water partition coefficient (Wildman–Crippen LogP) is 3.61. The smallest absolute Gasteiger partial charge is 0.173 e. The van der Waals surface area contributed by atoms with Crippen LogP contribution in [0.25, 0.3) is 12.2 Å². The van der Waals surface area contributed by atoms with Crippen LogP contribution in [0.15, 0.2) is 34.9 Å². The second-order valence-corrected chi connectivity index (χ2v) is 6.94. The van der Waals surface area contributed by atoms with E-state index in [9.17, 15) is 5.11 Å². The minimum Gasteiger partial charge on any atom is -0.472 e. The van der Waals surface area contributed by atoms with Crippen LogP contribution in [0.5, 0.6) is 5.75 Å². The lowest BCUT2D eigenvalue weighted by Gasteiger charge is -2.23. The molecule has 1 aromatic carbocycles. The van der Waals surface area contributed by atoms with Gasteiger partial charge < -0.3 is 14.4 Å². The third kappa shape index (κ3) is 4.94. The van der Waals surface area contributed by atoms with E-state index in [1.54, 1.807) is 0 Å². The summed E-state index contributed by atoms with van der Waals surface area (Å²) in [5.41, 5.74) is 7.78. The lowest BCUT2D eigenvalue weighted by molar-refractivity contribution is 0.0233. The molecule has 1 aliphatic rings. The minimum absolute atomic E-state index is 0.481. The molecular formula is C20H26N2O3. The van der Waals surface area contributed by atoms with E-state index in [4.69, 9.17) is 15.0 Å². The van der Waals surface area contributed by atoms with Crippen molar-refractivity contribution in [3.8, 4) is 5.75 Å². The minimum atomic E-state index is -0.747. The Morgan fingerprint density at radius 1 is 1.36 bits per heavy atom. The summed E-state index contributed by atoms with van der Waals surface area (Å²) >= 11 is 0. The fraction of sp³-hybridized carbons (Fsp3) is 0.450. The molecule has 0 aliphatic heterocycles. The van der Waals surface area contributed by atoms with Crippen LogP contribution in [0.2, 0.25) is 0 Å². The summed E-state index contributed by atoms with van der Waals surface area (Å²) in [5, 5.41) is 14.2. The highest BCUT2D eigenvalue weighted by Gasteiger charge is 2.31. The molecule has 25 heavy (non-hydrogen) atoms. The van der Waals surface area contributed by atoms with Crippen LogP contribution in [-0.2, 0) is 0 Å². The number of aliphatic hydroxyl groups excluding tert-OH is 1. The van der Waals surface area contributed by atoms with Gasteiger partial charge >= 0.3 is 0 Å². The average molecular weight is 342 g/mol. The van der Waals surface area contributed by atoms with E-state index >= 15 is 0 Å². The zero-order valence-electron chi connectivity index (χ0n) is 14.8. The molecule has 0 amide bonds. The van der Waals surface area contributed by atoms with Crippen molar-refractivity contribution in [1.29, 1.82) is 0 Å². The molecule has 3 unspecified atom stereocenters. The highest BCUT2D eigenvalue weighted by molar-refractivity contribution is 5.70. The van der Waals surface area contributed by atoms with Crippen molar-refractivity contribution in [1.82, 2.24) is 5.16 Å². The van der Waals surface area contributed by atoms with Gasteiger partial charge in [0, 0.05) is 11.6 Å². The summed E-state index contributed by atoms with van der Waals surface area (Å²) < 4.78 is 11.0. The van der Waals surface area contributed by atoms with Gasteiger partial charge in [0.2, 0.25) is 0 Å². The van der Waals surface area contributed by atoms with Gasteiger partial charge in [-0.15, -0.1) is 0 Å². The van der Waals surface area contributed by atoms with Crippen LogP contribution in [-0.4, -0.2) is 22.6 Å². The van der Waals surface area contributed by atoms with Gasteiger partial charge in [-0.2, -0.15) is 0 Å². The van der Waals surface area contributed by atoms with Crippen LogP contribution >= 0.6 is 0 Å². The lowest BCUT2D eigenvalue weighted by Crippen LogP contribution is -2.41. The highest BCUT2D eigenvalue weighted by Crippen LogP contribution is 2.38. The summed E-state index contributed by atoms with van der Waals surface area (Å²) in [7, 11) is 0. The second-order valence-electron chi connectivity index (χ2n) is 6.94. The summed E-state index contributed by atoms with van der Waals surface area (Å²) in [4.78, 5) is 0. The second kappa shape index (κ2) is 7.85. The Kier molecular flexibility index (Phi) is 5.56. The number of rotatable bonds is 8. The maximum atomic E-state index is 10.3. The van der Waals surface area contributed by atoms with E-state index < -0.39 is 12.3 Å². The summed E-state index contributed by atoms with van der Waals surface area (Å²) in [6.45, 7) is 4.05. The number of ether oxygens (including phenoxy) is 1. The number of para-hydroxylation sites is 1. The van der Waals surface area contributed by atoms with Crippen LogP contribution in [0.3, 0.4) is 0 Å². The van der Waals surface area contributed by atoms with Gasteiger partial charge in [-0.05, 0) is 56.2 Å². The van der Waals surface area contributed by atoms with Crippen molar-refractivity contribution in [3.63, 3.8) is 0 Å². The molecule has 2 aromatic rings. The first-order chi connectivity index (χ1) is 12.0. The van der Waals surface area contributed by atoms with Gasteiger partial charge in [0.15, 0.2) is 12.0 Å². The Balaban J connectivity index is 1.64. The molecular weight excluding hydrogens is 316 g/mol. The number of nitrogens with two attached hydrogens (primary N) is 1. The quantitative estimate of drug-likeness (QED) is 0.716. The zero-order valence-corrected chi connectivity index (χ0v) is 14.8. The molecule has 3 N–H and O–H groups in total. The molecule has 1 fully saturated rings. The summed E-state index contributed by atoms with van der Waals surface area (Å²) in [6, 6.07) is 9.45. The van der Waals surface area contributed by atoms with Crippen LogP contribution in [0.1, 0.15) is 43.2 Å². The first-order valence-electron chi connectivity index (χ1n) is 8.83. The van der Waals surface area contributed by atoms with Crippen molar-refractivity contribution in [2.75, 3.05) is 0 Å². The first-order valence-corrected chi connectivity index (χ1v) is 8.83. The number of hydrogen-bond acceptors (Lipinski definition) is 5. The maximum absolute atomic E-state index is 10.3. The van der Waals surface area contributed by atoms with E-state index in [-0.39, 0.29) is 0 Å². The maximum Gasteiger partial charge on any atom is 0.173 e. The molecule has 0 spiro atoms. The Morgan fingerprint density at radius 3 is 2.80 bits per heavy atom. The lowest BCUT2D eigenvalue weighted by atomic mass is 9.98. The third-order valence-corrected chi connectivity index (χ3v) is 4.67. The van der Waals surface area contributed by atoms with Gasteiger partial charge in [-0.3, -0.25) is 5.73 Å². The van der Waals surface area contributed by atoms with Crippen LogP contribution < -0.4 is 10.5 Å². The predicted molar refractivity (Wildman–Crippen MR) is 97.7 cm³/mol. The molecule has 3 atom stereocenters. The van der Waals surface area contributed by atoms with Crippen LogP contribution in [0, 0.1) is 18.8 Å². The van der Waals surface area contributed by atoms with E-state index in [0.717, 1.165) is 17.2 Å². The number of hydrogen-bond donors (Lipinski definition) is 2. The van der Waals surface area contributed by atoms with Crippen molar-refractivity contribution in [3.05, 3.63) is 47.3 Å². The number of aromatic nitrogens is 1. The highest BCUT2D eigenvalue weighted by atomic mass is 16.5. The Bertz CT molecular complexity index is 721. The summed E-state index contributed by atoms with van der Waals surface area (Å²) in [5.74, 6) is 2.53. The zero-order chi connectivity index (χ0) is 17.8. The van der Waals surface area contributed by atoms with E-state index in [1.165, 1.54) is 12.8 Å². The van der Waals surface area contributed by atoms with Crippen LogP contribution in [0.4, 0.5) is 0 Å². The largest absolute Gasteiger partial charge is 0.472 e.